The number of carbonyl (C=O) groups excluding carboxylic acids is 1. The molecule has 1 saturated carbocycles. The Bertz CT molecular complexity index is 602. The lowest BCUT2D eigenvalue weighted by Gasteiger charge is -2.20. The molecule has 1 aliphatic rings. The molecule has 0 aliphatic heterocycles. The molecule has 0 spiro atoms. The molecule has 2 aromatic rings. The summed E-state index contributed by atoms with van der Waals surface area (Å²) in [7, 11) is 0. The fourth-order valence-electron chi connectivity index (χ4n) is 2.84. The van der Waals surface area contributed by atoms with Gasteiger partial charge in [-0.25, -0.2) is 14.8 Å². The van der Waals surface area contributed by atoms with E-state index in [9.17, 15) is 4.79 Å². The van der Waals surface area contributed by atoms with Gasteiger partial charge in [0.1, 0.15) is 18.2 Å². The number of nitrogens with zero attached hydrogens (tertiary/aromatic N) is 3. The summed E-state index contributed by atoms with van der Waals surface area (Å²) in [6.45, 7) is 0. The first-order valence-electron chi connectivity index (χ1n) is 7.98. The highest BCUT2D eigenvalue weighted by Crippen LogP contribution is 2.20. The van der Waals surface area contributed by atoms with Crippen LogP contribution in [0.15, 0.2) is 37.1 Å². The van der Waals surface area contributed by atoms with Crippen LogP contribution in [0.5, 0.6) is 0 Å². The number of imidazole rings is 1. The van der Waals surface area contributed by atoms with Crippen LogP contribution in [0, 0.1) is 0 Å². The van der Waals surface area contributed by atoms with Gasteiger partial charge < -0.3 is 4.74 Å². The molecule has 0 amide bonds. The summed E-state index contributed by atoms with van der Waals surface area (Å²) in [4.78, 5) is 20.6. The highest BCUT2D eigenvalue weighted by Gasteiger charge is 2.17. The van der Waals surface area contributed by atoms with Gasteiger partial charge in [-0.05, 0) is 37.8 Å². The van der Waals surface area contributed by atoms with Crippen LogP contribution in [0.3, 0.4) is 0 Å². The Morgan fingerprint density at radius 1 is 1.14 bits per heavy atom. The lowest BCUT2D eigenvalue weighted by atomic mass is 9.98. The van der Waals surface area contributed by atoms with E-state index in [2.05, 4.69) is 9.97 Å². The molecule has 0 atom stereocenters. The first-order chi connectivity index (χ1) is 10.8. The molecule has 1 aliphatic carbocycles. The molecule has 5 nitrogen and oxygen atoms in total. The topological polar surface area (TPSA) is 57.0 Å². The zero-order valence-corrected chi connectivity index (χ0v) is 12.6. The molecular weight excluding hydrogens is 278 g/mol. The van der Waals surface area contributed by atoms with Crippen molar-refractivity contribution >= 4 is 5.97 Å². The first kappa shape index (κ1) is 14.8. The number of aromatic nitrogens is 3. The molecule has 22 heavy (non-hydrogen) atoms. The van der Waals surface area contributed by atoms with E-state index in [4.69, 9.17) is 4.74 Å². The van der Waals surface area contributed by atoms with Gasteiger partial charge in [0.2, 0.25) is 0 Å². The van der Waals surface area contributed by atoms with Crippen LogP contribution < -0.4 is 0 Å². The third-order valence-corrected chi connectivity index (χ3v) is 4.08. The van der Waals surface area contributed by atoms with Crippen LogP contribution in [0.2, 0.25) is 0 Å². The van der Waals surface area contributed by atoms with Gasteiger partial charge >= 0.3 is 5.97 Å². The highest BCUT2D eigenvalue weighted by molar-refractivity contribution is 5.89. The van der Waals surface area contributed by atoms with Gasteiger partial charge in [0.25, 0.3) is 0 Å². The Kier molecular flexibility index (Phi) is 4.83. The molecule has 0 aromatic carbocycles. The largest absolute Gasteiger partial charge is 0.459 e. The molecule has 2 aromatic heterocycles. The van der Waals surface area contributed by atoms with Gasteiger partial charge in [0, 0.05) is 18.6 Å². The van der Waals surface area contributed by atoms with E-state index in [1.807, 2.05) is 0 Å². The molecule has 2 heterocycles. The second kappa shape index (κ2) is 7.20. The Balaban J connectivity index is 1.68. The van der Waals surface area contributed by atoms with Crippen molar-refractivity contribution in [2.45, 2.75) is 51.0 Å². The molecular formula is C17H21N3O2. The standard InChI is InChI=1S/C17H21N3O2/c21-17(22-15-6-4-2-1-3-5-7-15)14-8-9-19-16(12-14)20-11-10-18-13-20/h8-13,15H,1-7H2. The number of hydrogen-bond donors (Lipinski definition) is 0. The van der Waals surface area contributed by atoms with Crippen molar-refractivity contribution in [3.8, 4) is 5.82 Å². The Morgan fingerprint density at radius 3 is 2.64 bits per heavy atom. The van der Waals surface area contributed by atoms with Gasteiger partial charge in [-0.2, -0.15) is 0 Å². The van der Waals surface area contributed by atoms with Crippen molar-refractivity contribution < 1.29 is 9.53 Å². The Labute approximate surface area is 130 Å². The van der Waals surface area contributed by atoms with Crippen LogP contribution in [0.4, 0.5) is 0 Å². The molecule has 0 saturated heterocycles. The van der Waals surface area contributed by atoms with E-state index >= 15 is 0 Å². The van der Waals surface area contributed by atoms with Gasteiger partial charge in [0.15, 0.2) is 0 Å². The minimum Gasteiger partial charge on any atom is -0.459 e. The van der Waals surface area contributed by atoms with E-state index in [0.717, 1.165) is 25.7 Å². The lowest BCUT2D eigenvalue weighted by molar-refractivity contribution is 0.0239. The summed E-state index contributed by atoms with van der Waals surface area (Å²) in [5.41, 5.74) is 0.542. The maximum absolute atomic E-state index is 12.4. The molecule has 0 radical (unpaired) electrons. The Morgan fingerprint density at radius 2 is 1.91 bits per heavy atom. The predicted octanol–water partition coefficient (Wildman–Crippen LogP) is 3.54. The van der Waals surface area contributed by atoms with Crippen molar-refractivity contribution in [3.05, 3.63) is 42.6 Å². The second-order valence-electron chi connectivity index (χ2n) is 5.75. The molecule has 0 unspecified atom stereocenters. The maximum Gasteiger partial charge on any atom is 0.338 e. The summed E-state index contributed by atoms with van der Waals surface area (Å²) in [5, 5.41) is 0. The summed E-state index contributed by atoms with van der Waals surface area (Å²) >= 11 is 0. The molecule has 3 rings (SSSR count). The smallest absolute Gasteiger partial charge is 0.338 e. The van der Waals surface area contributed by atoms with Crippen LogP contribution >= 0.6 is 0 Å². The predicted molar refractivity (Wildman–Crippen MR) is 82.9 cm³/mol. The summed E-state index contributed by atoms with van der Waals surface area (Å²) in [6, 6.07) is 3.44. The van der Waals surface area contributed by atoms with Crippen LogP contribution in [-0.4, -0.2) is 26.6 Å². The molecule has 1 fully saturated rings. The van der Waals surface area contributed by atoms with Crippen molar-refractivity contribution in [2.24, 2.45) is 0 Å². The van der Waals surface area contributed by atoms with Crippen molar-refractivity contribution in [3.63, 3.8) is 0 Å². The number of rotatable bonds is 3. The number of pyridine rings is 1. The van der Waals surface area contributed by atoms with Crippen LogP contribution in [0.25, 0.3) is 5.82 Å². The van der Waals surface area contributed by atoms with Gasteiger partial charge in [-0.15, -0.1) is 0 Å². The normalized spacial score (nSPS) is 16.7. The fraction of sp³-hybridized carbons (Fsp3) is 0.471. The van der Waals surface area contributed by atoms with E-state index in [1.54, 1.807) is 41.6 Å². The molecule has 0 bridgehead atoms. The monoisotopic (exact) mass is 299 g/mol. The zero-order chi connectivity index (χ0) is 15.2. The van der Waals surface area contributed by atoms with Gasteiger partial charge in [0.05, 0.1) is 5.56 Å². The van der Waals surface area contributed by atoms with Crippen molar-refractivity contribution in [1.29, 1.82) is 0 Å². The van der Waals surface area contributed by atoms with Crippen LogP contribution in [-0.2, 0) is 4.74 Å². The minimum absolute atomic E-state index is 0.0534. The average molecular weight is 299 g/mol. The molecule has 116 valence electrons. The SMILES string of the molecule is O=C(OC1CCCCCCC1)c1ccnc(-n2ccnc2)c1. The number of esters is 1. The second-order valence-corrected chi connectivity index (χ2v) is 5.75. The van der Waals surface area contributed by atoms with Crippen molar-refractivity contribution in [2.75, 3.05) is 0 Å². The average Bonchev–Trinajstić information content (AvgIpc) is 3.04. The lowest BCUT2D eigenvalue weighted by Crippen LogP contribution is -2.19. The molecule has 5 heteroatoms. The third kappa shape index (κ3) is 3.72. The maximum atomic E-state index is 12.4. The van der Waals surface area contributed by atoms with Crippen LogP contribution in [0.1, 0.15) is 55.3 Å². The summed E-state index contributed by atoms with van der Waals surface area (Å²) in [5.74, 6) is 0.416. The minimum atomic E-state index is -0.255. The number of hydrogen-bond acceptors (Lipinski definition) is 4. The Hall–Kier alpha value is -2.17. The van der Waals surface area contributed by atoms with Gasteiger partial charge in [-0.3, -0.25) is 4.57 Å². The first-order valence-corrected chi connectivity index (χ1v) is 7.98. The van der Waals surface area contributed by atoms with E-state index in [1.165, 1.54) is 19.3 Å². The highest BCUT2D eigenvalue weighted by atomic mass is 16.5. The fourth-order valence-corrected chi connectivity index (χ4v) is 2.84. The number of carbonyl (C=O) groups is 1. The zero-order valence-electron chi connectivity index (χ0n) is 12.6. The van der Waals surface area contributed by atoms with E-state index in [-0.39, 0.29) is 12.1 Å². The summed E-state index contributed by atoms with van der Waals surface area (Å²) < 4.78 is 7.46. The van der Waals surface area contributed by atoms with Gasteiger partial charge in [-0.1, -0.05) is 19.3 Å². The number of ether oxygens (including phenoxy) is 1. The quantitative estimate of drug-likeness (QED) is 0.813. The van der Waals surface area contributed by atoms with E-state index < -0.39 is 0 Å². The third-order valence-electron chi connectivity index (χ3n) is 4.08. The molecule has 0 N–H and O–H groups in total. The van der Waals surface area contributed by atoms with E-state index in [0.29, 0.717) is 11.4 Å². The summed E-state index contributed by atoms with van der Waals surface area (Å²) in [6.07, 6.45) is 14.9. The van der Waals surface area contributed by atoms with Crippen molar-refractivity contribution in [1.82, 2.24) is 14.5 Å².